The Labute approximate surface area is 225 Å². The van der Waals surface area contributed by atoms with Crippen LogP contribution in [0.3, 0.4) is 0 Å². The fourth-order valence-electron chi connectivity index (χ4n) is 6.64. The minimum atomic E-state index is -0.310. The van der Waals surface area contributed by atoms with Crippen LogP contribution in [-0.2, 0) is 16.1 Å². The molecule has 8 rings (SSSR count). The van der Waals surface area contributed by atoms with Crippen LogP contribution in [-0.4, -0.2) is 77.7 Å². The zero-order valence-electron chi connectivity index (χ0n) is 21.6. The van der Waals surface area contributed by atoms with Gasteiger partial charge in [-0.15, -0.1) is 0 Å². The van der Waals surface area contributed by atoms with Gasteiger partial charge >= 0.3 is 0 Å². The van der Waals surface area contributed by atoms with Gasteiger partial charge < -0.3 is 19.1 Å². The van der Waals surface area contributed by atoms with Crippen molar-refractivity contribution in [3.63, 3.8) is 0 Å². The fourth-order valence-corrected chi connectivity index (χ4v) is 6.64. The zero-order valence-corrected chi connectivity index (χ0v) is 21.6. The van der Waals surface area contributed by atoms with E-state index in [2.05, 4.69) is 43.2 Å². The summed E-state index contributed by atoms with van der Waals surface area (Å²) in [7, 11) is 0. The molecule has 6 bridgehead atoms. The maximum atomic E-state index is 15.1. The van der Waals surface area contributed by atoms with E-state index in [9.17, 15) is 0 Å². The van der Waals surface area contributed by atoms with Gasteiger partial charge in [-0.1, -0.05) is 18.2 Å². The summed E-state index contributed by atoms with van der Waals surface area (Å²) < 4.78 is 32.9. The summed E-state index contributed by atoms with van der Waals surface area (Å²) in [4.78, 5) is 9.73. The fraction of sp³-hybridized carbons (Fsp3) is 0.400. The summed E-state index contributed by atoms with van der Waals surface area (Å²) in [5, 5.41) is 8.63. The van der Waals surface area contributed by atoms with Crippen LogP contribution in [0.25, 0.3) is 33.4 Å². The number of benzene rings is 2. The van der Waals surface area contributed by atoms with Crippen molar-refractivity contribution in [1.82, 2.24) is 20.1 Å². The van der Waals surface area contributed by atoms with Crippen molar-refractivity contribution in [3.05, 3.63) is 60.0 Å². The normalized spacial score (nSPS) is 23.4. The molecule has 4 aliphatic heterocycles. The summed E-state index contributed by atoms with van der Waals surface area (Å²) in [5.74, 6) is 0.559. The van der Waals surface area contributed by atoms with Crippen molar-refractivity contribution in [3.8, 4) is 28.3 Å². The average Bonchev–Trinajstić information content (AvgIpc) is 3.63. The molecule has 9 heteroatoms. The number of anilines is 1. The minimum absolute atomic E-state index is 0.309. The highest BCUT2D eigenvalue weighted by Crippen LogP contribution is 2.43. The Kier molecular flexibility index (Phi) is 5.57. The standard InChI is InChI=1S/C30H30FN5O3/c31-24-4-1-3-19-15-37-7-2-8-39-28-9-18(30-23-11-25(29(19)24)32-12-26(23)33-34-30)5-6-27(28)36-14-20-10-21(36)13-35(20)22-16-38-17-22/h1,3-6,9,11-12,20-22H,2,7-8,10,13-17H2,(H,33,34)/t20-,21-/m0/s1. The second-order valence-corrected chi connectivity index (χ2v) is 11.0. The van der Waals surface area contributed by atoms with Gasteiger partial charge in [-0.2, -0.15) is 5.10 Å². The maximum absolute atomic E-state index is 15.1. The quantitative estimate of drug-likeness (QED) is 0.414. The summed E-state index contributed by atoms with van der Waals surface area (Å²) >= 11 is 0. The van der Waals surface area contributed by atoms with Gasteiger partial charge in [-0.25, -0.2) is 4.39 Å². The third kappa shape index (κ3) is 3.91. The van der Waals surface area contributed by atoms with Crippen molar-refractivity contribution in [2.45, 2.75) is 37.6 Å². The molecule has 2 aromatic heterocycles. The van der Waals surface area contributed by atoms with Gasteiger partial charge in [0.25, 0.3) is 0 Å². The smallest absolute Gasteiger partial charge is 0.143 e. The van der Waals surface area contributed by atoms with Crippen LogP contribution in [0.4, 0.5) is 10.1 Å². The van der Waals surface area contributed by atoms with E-state index in [0.717, 1.165) is 71.9 Å². The first-order valence-electron chi connectivity index (χ1n) is 13.8. The van der Waals surface area contributed by atoms with Gasteiger partial charge in [0.1, 0.15) is 17.3 Å². The Balaban J connectivity index is 1.19. The Morgan fingerprint density at radius 1 is 0.974 bits per heavy atom. The molecule has 39 heavy (non-hydrogen) atoms. The zero-order chi connectivity index (χ0) is 25.9. The first-order valence-corrected chi connectivity index (χ1v) is 13.8. The topological polar surface area (TPSA) is 75.7 Å². The lowest BCUT2D eigenvalue weighted by molar-refractivity contribution is -0.0708. The largest absolute Gasteiger partial charge is 0.491 e. The van der Waals surface area contributed by atoms with Gasteiger partial charge in [0.2, 0.25) is 0 Å². The van der Waals surface area contributed by atoms with E-state index >= 15 is 4.39 Å². The first kappa shape index (κ1) is 23.4. The van der Waals surface area contributed by atoms with Gasteiger partial charge in [-0.3, -0.25) is 15.0 Å². The van der Waals surface area contributed by atoms with Crippen LogP contribution in [0.1, 0.15) is 18.4 Å². The Bertz CT molecular complexity index is 1550. The number of aromatic nitrogens is 3. The van der Waals surface area contributed by atoms with Gasteiger partial charge in [0.15, 0.2) is 0 Å². The number of nitrogens with one attached hydrogen (secondary N) is 1. The van der Waals surface area contributed by atoms with Crippen LogP contribution in [0.15, 0.2) is 48.7 Å². The highest BCUT2D eigenvalue weighted by molar-refractivity contribution is 5.95. The molecule has 2 atom stereocenters. The van der Waals surface area contributed by atoms with E-state index in [0.29, 0.717) is 49.2 Å². The van der Waals surface area contributed by atoms with E-state index in [1.807, 2.05) is 12.1 Å². The molecule has 0 radical (unpaired) electrons. The molecule has 1 N–H and O–H groups in total. The van der Waals surface area contributed by atoms with Crippen molar-refractivity contribution in [2.75, 3.05) is 44.4 Å². The average molecular weight is 528 g/mol. The number of hydrogen-bond donors (Lipinski definition) is 1. The third-order valence-corrected chi connectivity index (χ3v) is 8.67. The molecule has 2 aromatic carbocycles. The lowest BCUT2D eigenvalue weighted by Crippen LogP contribution is -2.56. The molecule has 0 spiro atoms. The lowest BCUT2D eigenvalue weighted by atomic mass is 10.0. The Morgan fingerprint density at radius 3 is 2.77 bits per heavy atom. The van der Waals surface area contributed by atoms with E-state index in [-0.39, 0.29) is 5.82 Å². The molecule has 3 fully saturated rings. The molecule has 3 saturated heterocycles. The van der Waals surface area contributed by atoms with Gasteiger partial charge in [-0.05, 0) is 36.2 Å². The van der Waals surface area contributed by atoms with Crippen molar-refractivity contribution >= 4 is 16.6 Å². The van der Waals surface area contributed by atoms with E-state index in [4.69, 9.17) is 14.2 Å². The maximum Gasteiger partial charge on any atom is 0.143 e. The molecule has 0 unspecified atom stereocenters. The Hall–Kier alpha value is -3.53. The number of nitrogens with zero attached hydrogens (tertiary/aromatic N) is 4. The van der Waals surface area contributed by atoms with Crippen LogP contribution in [0, 0.1) is 5.82 Å². The minimum Gasteiger partial charge on any atom is -0.491 e. The van der Waals surface area contributed by atoms with E-state index < -0.39 is 0 Å². The van der Waals surface area contributed by atoms with E-state index in [1.54, 1.807) is 12.3 Å². The molecule has 0 amide bonds. The molecular weight excluding hydrogens is 497 g/mol. The van der Waals surface area contributed by atoms with Crippen LogP contribution < -0.4 is 9.64 Å². The highest BCUT2D eigenvalue weighted by Gasteiger charge is 2.47. The molecule has 0 aliphatic carbocycles. The van der Waals surface area contributed by atoms with Crippen molar-refractivity contribution < 1.29 is 18.6 Å². The lowest BCUT2D eigenvalue weighted by Gasteiger charge is -2.43. The number of likely N-dealkylation sites (tertiary alicyclic amines) is 1. The predicted octanol–water partition coefficient (Wildman–Crippen LogP) is 4.39. The predicted molar refractivity (Wildman–Crippen MR) is 145 cm³/mol. The Morgan fingerprint density at radius 2 is 1.92 bits per heavy atom. The molecule has 200 valence electrons. The second-order valence-electron chi connectivity index (χ2n) is 11.0. The van der Waals surface area contributed by atoms with Gasteiger partial charge in [0, 0.05) is 48.1 Å². The number of hydrogen-bond acceptors (Lipinski definition) is 7. The number of pyridine rings is 1. The van der Waals surface area contributed by atoms with Crippen molar-refractivity contribution in [2.24, 2.45) is 0 Å². The SMILES string of the molecule is Fc1cccc2c1-c1cc3c(n[nH]c3cn1)-c1ccc(N3C[C@@H]4C[C@H]3CN4C3COC3)c(c1)OCCCOC2. The number of halogens is 1. The van der Waals surface area contributed by atoms with E-state index in [1.165, 1.54) is 12.5 Å². The summed E-state index contributed by atoms with van der Waals surface area (Å²) in [6, 6.07) is 15.0. The molecule has 6 heterocycles. The number of rotatable bonds is 2. The number of H-pyrrole nitrogens is 1. The molecule has 4 aromatic rings. The van der Waals surface area contributed by atoms with Crippen LogP contribution >= 0.6 is 0 Å². The molecule has 8 nitrogen and oxygen atoms in total. The number of fused-ring (bicyclic) bond motifs is 8. The molecular formula is C30H30FN5O3. The van der Waals surface area contributed by atoms with Crippen LogP contribution in [0.5, 0.6) is 5.75 Å². The number of ether oxygens (including phenoxy) is 3. The highest BCUT2D eigenvalue weighted by atomic mass is 19.1. The molecule has 4 aliphatic rings. The second kappa shape index (κ2) is 9.29. The summed E-state index contributed by atoms with van der Waals surface area (Å²) in [5.41, 5.74) is 5.51. The summed E-state index contributed by atoms with van der Waals surface area (Å²) in [6.07, 6.45) is 3.64. The number of piperazine rings is 1. The van der Waals surface area contributed by atoms with Crippen LogP contribution in [0.2, 0.25) is 0 Å². The first-order chi connectivity index (χ1) is 19.2. The van der Waals surface area contributed by atoms with Crippen molar-refractivity contribution in [1.29, 1.82) is 0 Å². The van der Waals surface area contributed by atoms with Gasteiger partial charge in [0.05, 0.1) is 62.2 Å². The monoisotopic (exact) mass is 527 g/mol. The summed E-state index contributed by atoms with van der Waals surface area (Å²) in [6.45, 7) is 5.16. The third-order valence-electron chi connectivity index (χ3n) is 8.67. The number of aromatic amines is 1. The molecule has 0 saturated carbocycles.